The molecule has 6 rings (SSSR count). The summed E-state index contributed by atoms with van der Waals surface area (Å²) < 4.78 is 0. The lowest BCUT2D eigenvalue weighted by Crippen LogP contribution is -2.52. The fourth-order valence-corrected chi connectivity index (χ4v) is 8.17. The molecule has 2 amide bonds. The number of hydrogen-bond donors (Lipinski definition) is 4. The molecule has 6 nitrogen and oxygen atoms in total. The van der Waals surface area contributed by atoms with Crippen LogP contribution in [-0.4, -0.2) is 33.2 Å². The maximum absolute atomic E-state index is 14.3. The molecular weight excluding hydrogens is 729 g/mol. The minimum absolute atomic E-state index is 0.257. The lowest BCUT2D eigenvalue weighted by molar-refractivity contribution is -0.133. The van der Waals surface area contributed by atoms with Crippen molar-refractivity contribution in [3.05, 3.63) is 212 Å². The first-order chi connectivity index (χ1) is 28.2. The SMILES string of the molecule is Cc1ccc(CC(O)(Cc2ccc(C)cc2)[C@H](NC(=O)CC(=O)N[C@H](c2ccccc2C)C(O)(Cc2ccc(C)cc2)Cc2ccc(C)cc2)c2ccccc2C)cc1. The van der Waals surface area contributed by atoms with E-state index in [2.05, 4.69) is 10.6 Å². The summed E-state index contributed by atoms with van der Waals surface area (Å²) in [7, 11) is 0. The molecule has 0 radical (unpaired) electrons. The average molecular weight is 787 g/mol. The van der Waals surface area contributed by atoms with Crippen LogP contribution in [0.4, 0.5) is 0 Å². The van der Waals surface area contributed by atoms with E-state index < -0.39 is 41.5 Å². The van der Waals surface area contributed by atoms with Crippen molar-refractivity contribution in [2.45, 2.75) is 96.9 Å². The number of hydrogen-bond acceptors (Lipinski definition) is 4. The van der Waals surface area contributed by atoms with E-state index in [4.69, 9.17) is 0 Å². The van der Waals surface area contributed by atoms with Crippen LogP contribution in [0.1, 0.15) is 85.3 Å². The highest BCUT2D eigenvalue weighted by Gasteiger charge is 2.42. The summed E-state index contributed by atoms with van der Waals surface area (Å²) >= 11 is 0. The second-order valence-corrected chi connectivity index (χ2v) is 16.7. The summed E-state index contributed by atoms with van der Waals surface area (Å²) in [5, 5.41) is 32.2. The van der Waals surface area contributed by atoms with Crippen molar-refractivity contribution in [3.8, 4) is 0 Å². The van der Waals surface area contributed by atoms with E-state index in [0.29, 0.717) is 0 Å². The van der Waals surface area contributed by atoms with E-state index in [1.165, 1.54) is 0 Å². The van der Waals surface area contributed by atoms with E-state index >= 15 is 0 Å². The Morgan fingerprint density at radius 2 is 0.678 bits per heavy atom. The molecule has 0 saturated heterocycles. The predicted molar refractivity (Wildman–Crippen MR) is 238 cm³/mol. The molecule has 0 bridgehead atoms. The fourth-order valence-electron chi connectivity index (χ4n) is 8.17. The van der Waals surface area contributed by atoms with Crippen LogP contribution in [-0.2, 0) is 35.3 Å². The van der Waals surface area contributed by atoms with Gasteiger partial charge in [0.25, 0.3) is 0 Å². The van der Waals surface area contributed by atoms with Gasteiger partial charge in [-0.2, -0.15) is 0 Å². The van der Waals surface area contributed by atoms with Gasteiger partial charge >= 0.3 is 0 Å². The summed E-state index contributed by atoms with van der Waals surface area (Å²) in [6.07, 6.45) is 0.515. The van der Waals surface area contributed by atoms with Crippen molar-refractivity contribution in [2.75, 3.05) is 0 Å². The average Bonchev–Trinajstić information content (AvgIpc) is 3.20. The van der Waals surface area contributed by atoms with Crippen LogP contribution in [0, 0.1) is 41.5 Å². The van der Waals surface area contributed by atoms with E-state index in [1.54, 1.807) is 0 Å². The van der Waals surface area contributed by atoms with E-state index in [9.17, 15) is 19.8 Å². The van der Waals surface area contributed by atoms with Crippen LogP contribution in [0.5, 0.6) is 0 Å². The summed E-state index contributed by atoms with van der Waals surface area (Å²) in [6, 6.07) is 46.1. The smallest absolute Gasteiger partial charge is 0.230 e. The molecule has 0 unspecified atom stereocenters. The van der Waals surface area contributed by atoms with Crippen LogP contribution in [0.15, 0.2) is 146 Å². The Bertz CT molecular complexity index is 2070. The summed E-state index contributed by atoms with van der Waals surface area (Å²) in [4.78, 5) is 28.6. The molecule has 0 heterocycles. The number of rotatable bonds is 16. The number of aliphatic hydroxyl groups is 2. The summed E-state index contributed by atoms with van der Waals surface area (Å²) in [5.74, 6) is -1.07. The highest BCUT2D eigenvalue weighted by molar-refractivity contribution is 5.97. The van der Waals surface area contributed by atoms with Crippen LogP contribution in [0.3, 0.4) is 0 Å². The van der Waals surface area contributed by atoms with Gasteiger partial charge < -0.3 is 20.8 Å². The number of benzene rings is 6. The Morgan fingerprint density at radius 3 is 0.932 bits per heavy atom. The third-order valence-electron chi connectivity index (χ3n) is 11.5. The summed E-state index contributed by atoms with van der Waals surface area (Å²) in [6.45, 7) is 12.0. The van der Waals surface area contributed by atoms with Gasteiger partial charge in [-0.25, -0.2) is 0 Å². The van der Waals surface area contributed by atoms with Crippen molar-refractivity contribution in [2.24, 2.45) is 0 Å². The van der Waals surface area contributed by atoms with Gasteiger partial charge in [0.05, 0.1) is 23.3 Å². The first-order valence-corrected chi connectivity index (χ1v) is 20.6. The first-order valence-electron chi connectivity index (χ1n) is 20.6. The molecule has 0 saturated carbocycles. The molecule has 6 aromatic carbocycles. The molecule has 2 atom stereocenters. The summed E-state index contributed by atoms with van der Waals surface area (Å²) in [5.41, 5.74) is 8.56. The Labute approximate surface area is 350 Å². The van der Waals surface area contributed by atoms with Crippen LogP contribution in [0.2, 0.25) is 0 Å². The largest absolute Gasteiger partial charge is 0.387 e. The number of carbonyl (C=O) groups is 2. The van der Waals surface area contributed by atoms with Crippen LogP contribution < -0.4 is 10.6 Å². The molecule has 4 N–H and O–H groups in total. The normalized spacial score (nSPS) is 12.7. The van der Waals surface area contributed by atoms with Gasteiger partial charge in [-0.3, -0.25) is 9.59 Å². The maximum atomic E-state index is 14.3. The van der Waals surface area contributed by atoms with Gasteiger partial charge in [0.15, 0.2) is 0 Å². The maximum Gasteiger partial charge on any atom is 0.230 e. The topological polar surface area (TPSA) is 98.7 Å². The zero-order valence-electron chi connectivity index (χ0n) is 35.3. The van der Waals surface area contributed by atoms with E-state index in [-0.39, 0.29) is 25.7 Å². The van der Waals surface area contributed by atoms with Crippen molar-refractivity contribution in [1.82, 2.24) is 10.6 Å². The second kappa shape index (κ2) is 18.8. The van der Waals surface area contributed by atoms with Gasteiger partial charge in [0.1, 0.15) is 6.42 Å². The highest BCUT2D eigenvalue weighted by atomic mass is 16.3. The number of aryl methyl sites for hydroxylation is 6. The van der Waals surface area contributed by atoms with E-state index in [0.717, 1.165) is 66.8 Å². The molecule has 6 heteroatoms. The van der Waals surface area contributed by atoms with Gasteiger partial charge in [0, 0.05) is 25.7 Å². The lowest BCUT2D eigenvalue weighted by Gasteiger charge is -2.39. The monoisotopic (exact) mass is 786 g/mol. The first kappa shape index (κ1) is 42.8. The quantitative estimate of drug-likeness (QED) is 0.0736. The number of amides is 2. The molecular formula is C53H58N2O4. The Kier molecular flexibility index (Phi) is 13.7. The number of carbonyl (C=O) groups excluding carboxylic acids is 2. The van der Waals surface area contributed by atoms with Crippen LogP contribution in [0.25, 0.3) is 0 Å². The van der Waals surface area contributed by atoms with Gasteiger partial charge in [-0.1, -0.05) is 168 Å². The zero-order valence-corrected chi connectivity index (χ0v) is 35.3. The van der Waals surface area contributed by atoms with Gasteiger partial charge in [-0.05, 0) is 86.1 Å². The molecule has 6 aromatic rings. The van der Waals surface area contributed by atoms with Gasteiger partial charge in [-0.15, -0.1) is 0 Å². The van der Waals surface area contributed by atoms with Crippen molar-refractivity contribution in [3.63, 3.8) is 0 Å². The minimum atomic E-state index is -1.48. The standard InChI is InChI=1S/C53H58N2O4/c1-36-15-23-42(24-16-36)32-52(58,33-43-25-17-37(2)18-26-43)50(46-13-9-7-11-40(46)5)54-48(56)31-49(57)55-51(47-14-10-8-12-41(47)6)53(59,34-44-27-19-38(3)20-28-44)35-45-29-21-39(4)22-30-45/h7-30,50-51,58-59H,31-35H2,1-6H3,(H,54,56)(H,55,57)/t50-,51-/m1/s1. The number of nitrogens with one attached hydrogen (secondary N) is 2. The molecule has 304 valence electrons. The molecule has 59 heavy (non-hydrogen) atoms. The van der Waals surface area contributed by atoms with E-state index in [1.807, 2.05) is 187 Å². The van der Waals surface area contributed by atoms with Crippen molar-refractivity contribution < 1.29 is 19.8 Å². The van der Waals surface area contributed by atoms with Crippen LogP contribution >= 0.6 is 0 Å². The second-order valence-electron chi connectivity index (χ2n) is 16.7. The molecule has 0 aliphatic rings. The lowest BCUT2D eigenvalue weighted by atomic mass is 9.77. The van der Waals surface area contributed by atoms with Gasteiger partial charge in [0.2, 0.25) is 11.8 Å². The Morgan fingerprint density at radius 1 is 0.424 bits per heavy atom. The highest BCUT2D eigenvalue weighted by Crippen LogP contribution is 2.37. The molecule has 0 fully saturated rings. The molecule has 0 aliphatic carbocycles. The molecule has 0 aromatic heterocycles. The minimum Gasteiger partial charge on any atom is -0.387 e. The Balaban J connectivity index is 1.34. The predicted octanol–water partition coefficient (Wildman–Crippen LogP) is 9.38. The van der Waals surface area contributed by atoms with Crippen molar-refractivity contribution in [1.29, 1.82) is 0 Å². The Hall–Kier alpha value is -5.82. The fraction of sp³-hybridized carbons (Fsp3) is 0.283. The zero-order chi connectivity index (χ0) is 42.2. The third-order valence-corrected chi connectivity index (χ3v) is 11.5. The third kappa shape index (κ3) is 11.2. The van der Waals surface area contributed by atoms with Crippen molar-refractivity contribution >= 4 is 11.8 Å². The molecule has 0 spiro atoms. The molecule has 0 aliphatic heterocycles.